The smallest absolute Gasteiger partial charge is 0.0721 e. The molecule has 0 heterocycles. The monoisotopic (exact) mass is 304 g/mol. The summed E-state index contributed by atoms with van der Waals surface area (Å²) >= 11 is 0. The minimum Gasteiger partial charge on any atom is -0.373 e. The van der Waals surface area contributed by atoms with E-state index in [-0.39, 0.29) is 6.10 Å². The van der Waals surface area contributed by atoms with Crippen LogP contribution in [0.4, 0.5) is 0 Å². The van der Waals surface area contributed by atoms with E-state index in [4.69, 9.17) is 4.74 Å². The standard InChI is InChI=1S/C22H24O/c1-3-19(2)17-22(23-18-21-13-8-5-9-14-21)16-10-15-20-11-6-4-7-12-20/h3-9,11-14,19,22H,1,16-18H2,2H3. The second-order valence-corrected chi connectivity index (χ2v) is 5.74. The van der Waals surface area contributed by atoms with Gasteiger partial charge in [-0.1, -0.05) is 73.4 Å². The van der Waals surface area contributed by atoms with Crippen molar-refractivity contribution in [2.45, 2.75) is 32.5 Å². The molecule has 2 atom stereocenters. The van der Waals surface area contributed by atoms with Crippen LogP contribution in [0, 0.1) is 17.8 Å². The first-order valence-electron chi connectivity index (χ1n) is 8.10. The fourth-order valence-corrected chi connectivity index (χ4v) is 2.30. The normalized spacial score (nSPS) is 12.7. The molecule has 0 aromatic heterocycles. The highest BCUT2D eigenvalue weighted by atomic mass is 16.5. The largest absolute Gasteiger partial charge is 0.373 e. The highest BCUT2D eigenvalue weighted by molar-refractivity contribution is 5.33. The molecule has 0 bridgehead atoms. The Kier molecular flexibility index (Phi) is 7.17. The van der Waals surface area contributed by atoms with Crippen molar-refractivity contribution in [3.05, 3.63) is 84.4 Å². The average molecular weight is 304 g/mol. The Bertz CT molecular complexity index is 634. The van der Waals surface area contributed by atoms with Crippen LogP contribution in [-0.2, 0) is 11.3 Å². The number of allylic oxidation sites excluding steroid dienone is 1. The molecule has 0 aliphatic heterocycles. The highest BCUT2D eigenvalue weighted by Crippen LogP contribution is 2.15. The van der Waals surface area contributed by atoms with E-state index < -0.39 is 0 Å². The van der Waals surface area contributed by atoms with Crippen LogP contribution in [0.15, 0.2) is 73.3 Å². The minimum atomic E-state index is 0.124. The summed E-state index contributed by atoms with van der Waals surface area (Å²) < 4.78 is 6.09. The molecule has 0 amide bonds. The molecule has 0 fully saturated rings. The predicted molar refractivity (Wildman–Crippen MR) is 96.9 cm³/mol. The Labute approximate surface area is 140 Å². The van der Waals surface area contributed by atoms with Gasteiger partial charge in [0.2, 0.25) is 0 Å². The van der Waals surface area contributed by atoms with Gasteiger partial charge in [0.1, 0.15) is 0 Å². The fourth-order valence-electron chi connectivity index (χ4n) is 2.30. The Balaban J connectivity index is 1.94. The zero-order valence-electron chi connectivity index (χ0n) is 13.7. The summed E-state index contributed by atoms with van der Waals surface area (Å²) in [4.78, 5) is 0. The lowest BCUT2D eigenvalue weighted by Gasteiger charge is -2.18. The molecular weight excluding hydrogens is 280 g/mol. The first kappa shape index (κ1) is 17.1. The molecule has 0 aliphatic carbocycles. The lowest BCUT2D eigenvalue weighted by Crippen LogP contribution is -2.15. The first-order chi connectivity index (χ1) is 11.3. The summed E-state index contributed by atoms with van der Waals surface area (Å²) in [5, 5.41) is 0. The summed E-state index contributed by atoms with van der Waals surface area (Å²) in [6, 6.07) is 20.3. The molecule has 0 N–H and O–H groups in total. The van der Waals surface area contributed by atoms with Gasteiger partial charge in [-0.3, -0.25) is 0 Å². The number of hydrogen-bond donors (Lipinski definition) is 0. The van der Waals surface area contributed by atoms with Gasteiger partial charge in [0.05, 0.1) is 12.7 Å². The molecule has 118 valence electrons. The number of ether oxygens (including phenoxy) is 1. The van der Waals surface area contributed by atoms with Gasteiger partial charge in [-0.25, -0.2) is 0 Å². The van der Waals surface area contributed by atoms with Crippen molar-refractivity contribution in [2.24, 2.45) is 5.92 Å². The molecule has 2 aromatic carbocycles. The highest BCUT2D eigenvalue weighted by Gasteiger charge is 2.11. The van der Waals surface area contributed by atoms with Crippen molar-refractivity contribution < 1.29 is 4.74 Å². The third-order valence-corrected chi connectivity index (χ3v) is 3.70. The van der Waals surface area contributed by atoms with E-state index in [1.165, 1.54) is 5.56 Å². The first-order valence-corrected chi connectivity index (χ1v) is 8.10. The molecular formula is C22H24O. The lowest BCUT2D eigenvalue weighted by molar-refractivity contribution is 0.0326. The van der Waals surface area contributed by atoms with Crippen molar-refractivity contribution in [3.8, 4) is 11.8 Å². The van der Waals surface area contributed by atoms with E-state index in [1.807, 2.05) is 54.6 Å². The van der Waals surface area contributed by atoms with E-state index in [0.29, 0.717) is 12.5 Å². The minimum absolute atomic E-state index is 0.124. The van der Waals surface area contributed by atoms with Crippen molar-refractivity contribution in [2.75, 3.05) is 0 Å². The molecule has 2 unspecified atom stereocenters. The summed E-state index contributed by atoms with van der Waals surface area (Å²) in [7, 11) is 0. The number of hydrogen-bond acceptors (Lipinski definition) is 1. The van der Waals surface area contributed by atoms with E-state index >= 15 is 0 Å². The van der Waals surface area contributed by atoms with Crippen molar-refractivity contribution >= 4 is 0 Å². The Morgan fingerprint density at radius 1 is 1.04 bits per heavy atom. The van der Waals surface area contributed by atoms with Crippen LogP contribution >= 0.6 is 0 Å². The van der Waals surface area contributed by atoms with Crippen LogP contribution in [0.5, 0.6) is 0 Å². The summed E-state index contributed by atoms with van der Waals surface area (Å²) in [6.07, 6.45) is 3.78. The summed E-state index contributed by atoms with van der Waals surface area (Å²) in [5.74, 6) is 6.89. The van der Waals surface area contributed by atoms with Crippen LogP contribution < -0.4 is 0 Å². The van der Waals surface area contributed by atoms with E-state index in [1.54, 1.807) is 0 Å². The third kappa shape index (κ3) is 6.55. The van der Waals surface area contributed by atoms with Gasteiger partial charge >= 0.3 is 0 Å². The molecule has 0 radical (unpaired) electrons. The maximum absolute atomic E-state index is 6.09. The van der Waals surface area contributed by atoms with Gasteiger partial charge in [-0.15, -0.1) is 6.58 Å². The molecule has 2 aromatic rings. The zero-order chi connectivity index (χ0) is 16.3. The van der Waals surface area contributed by atoms with Gasteiger partial charge in [-0.05, 0) is 30.0 Å². The van der Waals surface area contributed by atoms with Crippen LogP contribution in [0.1, 0.15) is 30.9 Å². The quantitative estimate of drug-likeness (QED) is 0.503. The summed E-state index contributed by atoms with van der Waals surface area (Å²) in [6.45, 7) is 6.66. The third-order valence-electron chi connectivity index (χ3n) is 3.70. The Morgan fingerprint density at radius 3 is 2.35 bits per heavy atom. The molecule has 0 aliphatic rings. The van der Waals surface area contributed by atoms with Crippen molar-refractivity contribution in [1.29, 1.82) is 0 Å². The fraction of sp³-hybridized carbons (Fsp3) is 0.273. The topological polar surface area (TPSA) is 9.23 Å². The van der Waals surface area contributed by atoms with E-state index in [2.05, 4.69) is 37.5 Å². The van der Waals surface area contributed by atoms with Crippen LogP contribution in [-0.4, -0.2) is 6.10 Å². The van der Waals surface area contributed by atoms with Gasteiger partial charge in [-0.2, -0.15) is 0 Å². The number of benzene rings is 2. The SMILES string of the molecule is C=CC(C)CC(CC#Cc1ccccc1)OCc1ccccc1. The molecule has 0 saturated carbocycles. The van der Waals surface area contributed by atoms with E-state index in [0.717, 1.165) is 18.4 Å². The predicted octanol–water partition coefficient (Wildman–Crippen LogP) is 5.23. The molecule has 23 heavy (non-hydrogen) atoms. The zero-order valence-corrected chi connectivity index (χ0v) is 13.7. The van der Waals surface area contributed by atoms with E-state index in [9.17, 15) is 0 Å². The second-order valence-electron chi connectivity index (χ2n) is 5.74. The maximum atomic E-state index is 6.09. The Morgan fingerprint density at radius 2 is 1.70 bits per heavy atom. The van der Waals surface area contributed by atoms with Crippen molar-refractivity contribution in [1.82, 2.24) is 0 Å². The van der Waals surface area contributed by atoms with Crippen molar-refractivity contribution in [3.63, 3.8) is 0 Å². The summed E-state index contributed by atoms with van der Waals surface area (Å²) in [5.41, 5.74) is 2.24. The van der Waals surface area contributed by atoms with Gasteiger partial charge in [0, 0.05) is 12.0 Å². The maximum Gasteiger partial charge on any atom is 0.0721 e. The van der Waals surface area contributed by atoms with Gasteiger partial charge in [0.15, 0.2) is 0 Å². The lowest BCUT2D eigenvalue weighted by atomic mass is 10.0. The molecule has 0 spiro atoms. The molecule has 1 heteroatoms. The van der Waals surface area contributed by atoms with Gasteiger partial charge < -0.3 is 4.74 Å². The van der Waals surface area contributed by atoms with Crippen LogP contribution in [0.25, 0.3) is 0 Å². The molecule has 2 rings (SSSR count). The number of rotatable bonds is 7. The van der Waals surface area contributed by atoms with Crippen LogP contribution in [0.2, 0.25) is 0 Å². The average Bonchev–Trinajstić information content (AvgIpc) is 2.61. The van der Waals surface area contributed by atoms with Gasteiger partial charge in [0.25, 0.3) is 0 Å². The molecule has 1 nitrogen and oxygen atoms in total. The van der Waals surface area contributed by atoms with Crippen LogP contribution in [0.3, 0.4) is 0 Å². The molecule has 0 saturated heterocycles. The Hall–Kier alpha value is -2.30. The second kappa shape index (κ2) is 9.66.